The highest BCUT2D eigenvalue weighted by atomic mass is 19.1. The van der Waals surface area contributed by atoms with Crippen molar-refractivity contribution in [3.05, 3.63) is 29.6 Å². The molecule has 0 aliphatic heterocycles. The quantitative estimate of drug-likeness (QED) is 0.362. The van der Waals surface area contributed by atoms with Crippen LogP contribution in [0, 0.1) is 16.6 Å². The van der Waals surface area contributed by atoms with E-state index in [4.69, 9.17) is 21.3 Å². The maximum absolute atomic E-state index is 12.8. The predicted octanol–water partition coefficient (Wildman–Crippen LogP) is 1.75. The van der Waals surface area contributed by atoms with Crippen LogP contribution in [0.4, 0.5) is 10.1 Å². The predicted molar refractivity (Wildman–Crippen MR) is 52.1 cm³/mol. The Bertz CT molecular complexity index is 369. The van der Waals surface area contributed by atoms with Gasteiger partial charge in [0.05, 0.1) is 0 Å². The van der Waals surface area contributed by atoms with Crippen LogP contribution in [0.25, 0.3) is 0 Å². The van der Waals surface area contributed by atoms with Crippen molar-refractivity contribution in [2.45, 2.75) is 6.92 Å². The standard InChI is InChI=1S/C9H10FN3O/c1-5(11)14-9(13)6-2-7(10)4-8(12)3-6/h2-4,11,13H,12H2,1H3. The van der Waals surface area contributed by atoms with E-state index in [-0.39, 0.29) is 23.0 Å². The summed E-state index contributed by atoms with van der Waals surface area (Å²) in [4.78, 5) is 0. The topological polar surface area (TPSA) is 83.0 Å². The molecular weight excluding hydrogens is 185 g/mol. The van der Waals surface area contributed by atoms with Crippen LogP contribution in [-0.2, 0) is 4.74 Å². The fourth-order valence-electron chi connectivity index (χ4n) is 0.955. The summed E-state index contributed by atoms with van der Waals surface area (Å²) in [5.74, 6) is -0.947. The molecule has 0 saturated heterocycles. The molecule has 1 rings (SSSR count). The molecular formula is C9H10FN3O. The lowest BCUT2D eigenvalue weighted by atomic mass is 10.2. The molecule has 0 heterocycles. The first kappa shape index (κ1) is 10.2. The van der Waals surface area contributed by atoms with Crippen molar-refractivity contribution in [3.63, 3.8) is 0 Å². The number of hydrogen-bond acceptors (Lipinski definition) is 4. The van der Waals surface area contributed by atoms with E-state index in [2.05, 4.69) is 0 Å². The Balaban J connectivity index is 2.95. The summed E-state index contributed by atoms with van der Waals surface area (Å²) < 4.78 is 17.5. The van der Waals surface area contributed by atoms with Crippen LogP contribution in [-0.4, -0.2) is 11.8 Å². The van der Waals surface area contributed by atoms with Crippen LogP contribution in [0.2, 0.25) is 0 Å². The molecule has 0 aliphatic carbocycles. The van der Waals surface area contributed by atoms with Gasteiger partial charge >= 0.3 is 0 Å². The molecule has 5 heteroatoms. The maximum atomic E-state index is 12.8. The second-order valence-corrected chi connectivity index (χ2v) is 2.76. The third-order valence-electron chi connectivity index (χ3n) is 1.44. The Morgan fingerprint density at radius 3 is 2.50 bits per heavy atom. The Hall–Kier alpha value is -1.91. The van der Waals surface area contributed by atoms with Crippen molar-refractivity contribution in [1.29, 1.82) is 10.8 Å². The van der Waals surface area contributed by atoms with E-state index in [1.54, 1.807) is 0 Å². The number of ether oxygens (including phenoxy) is 1. The highest BCUT2D eigenvalue weighted by Gasteiger charge is 2.06. The molecule has 0 unspecified atom stereocenters. The van der Waals surface area contributed by atoms with E-state index in [0.29, 0.717) is 0 Å². The number of anilines is 1. The molecule has 0 atom stereocenters. The Labute approximate surface area is 80.5 Å². The zero-order valence-corrected chi connectivity index (χ0v) is 7.60. The van der Waals surface area contributed by atoms with Gasteiger partial charge in [-0.3, -0.25) is 10.8 Å². The first-order valence-electron chi connectivity index (χ1n) is 3.87. The first-order valence-corrected chi connectivity index (χ1v) is 3.87. The summed E-state index contributed by atoms with van der Waals surface area (Å²) in [6.07, 6.45) is 0. The molecule has 4 N–H and O–H groups in total. The van der Waals surface area contributed by atoms with Crippen LogP contribution in [0.1, 0.15) is 12.5 Å². The second-order valence-electron chi connectivity index (χ2n) is 2.76. The number of rotatable bonds is 1. The minimum Gasteiger partial charge on any atom is -0.426 e. The Morgan fingerprint density at radius 1 is 1.36 bits per heavy atom. The van der Waals surface area contributed by atoms with E-state index < -0.39 is 5.82 Å². The lowest BCUT2D eigenvalue weighted by Crippen LogP contribution is -2.09. The normalized spacial score (nSPS) is 9.57. The minimum atomic E-state index is -0.531. The summed E-state index contributed by atoms with van der Waals surface area (Å²) in [5, 5.41) is 14.4. The first-order chi connectivity index (χ1) is 6.49. The smallest absolute Gasteiger partial charge is 0.221 e. The average Bonchev–Trinajstić information content (AvgIpc) is 2.00. The molecule has 0 aromatic heterocycles. The van der Waals surface area contributed by atoms with Crippen molar-refractivity contribution < 1.29 is 9.13 Å². The van der Waals surface area contributed by atoms with Crippen molar-refractivity contribution in [2.75, 3.05) is 5.73 Å². The molecule has 0 fully saturated rings. The molecule has 4 nitrogen and oxygen atoms in total. The highest BCUT2D eigenvalue weighted by Crippen LogP contribution is 2.11. The number of nitrogens with one attached hydrogen (secondary N) is 2. The maximum Gasteiger partial charge on any atom is 0.221 e. The molecule has 0 aliphatic rings. The van der Waals surface area contributed by atoms with Gasteiger partial charge in [-0.15, -0.1) is 0 Å². The third-order valence-corrected chi connectivity index (χ3v) is 1.44. The number of nitrogen functional groups attached to an aromatic ring is 1. The van der Waals surface area contributed by atoms with Gasteiger partial charge in [0.25, 0.3) is 0 Å². The highest BCUT2D eigenvalue weighted by molar-refractivity contribution is 5.99. The van der Waals surface area contributed by atoms with E-state index >= 15 is 0 Å². The van der Waals surface area contributed by atoms with Gasteiger partial charge in [0.2, 0.25) is 5.90 Å². The zero-order valence-electron chi connectivity index (χ0n) is 7.60. The molecule has 0 spiro atoms. The van der Waals surface area contributed by atoms with E-state index in [9.17, 15) is 4.39 Å². The SMILES string of the molecule is CC(=N)OC(=N)c1cc(N)cc(F)c1. The third kappa shape index (κ3) is 2.55. The van der Waals surface area contributed by atoms with Gasteiger partial charge in [-0.2, -0.15) is 0 Å². The molecule has 0 saturated carbocycles. The summed E-state index contributed by atoms with van der Waals surface area (Å²) in [7, 11) is 0. The monoisotopic (exact) mass is 195 g/mol. The van der Waals surface area contributed by atoms with Gasteiger partial charge in [-0.05, 0) is 18.2 Å². The molecule has 1 aromatic rings. The van der Waals surface area contributed by atoms with Crippen LogP contribution < -0.4 is 5.73 Å². The van der Waals surface area contributed by atoms with Gasteiger partial charge in [-0.25, -0.2) is 4.39 Å². The number of hydrogen-bond donors (Lipinski definition) is 3. The van der Waals surface area contributed by atoms with Crippen LogP contribution >= 0.6 is 0 Å². The minimum absolute atomic E-state index is 0.127. The number of benzene rings is 1. The fourth-order valence-corrected chi connectivity index (χ4v) is 0.955. The van der Waals surface area contributed by atoms with Gasteiger partial charge in [0.15, 0.2) is 5.90 Å². The number of halogens is 1. The van der Waals surface area contributed by atoms with Crippen molar-refractivity contribution in [2.24, 2.45) is 0 Å². The summed E-state index contributed by atoms with van der Waals surface area (Å²) >= 11 is 0. The molecule has 0 amide bonds. The largest absolute Gasteiger partial charge is 0.426 e. The zero-order chi connectivity index (χ0) is 10.7. The van der Waals surface area contributed by atoms with Crippen molar-refractivity contribution in [1.82, 2.24) is 0 Å². The van der Waals surface area contributed by atoms with Gasteiger partial charge in [0.1, 0.15) is 5.82 Å². The van der Waals surface area contributed by atoms with Crippen LogP contribution in [0.5, 0.6) is 0 Å². The second kappa shape index (κ2) is 3.87. The fraction of sp³-hybridized carbons (Fsp3) is 0.111. The van der Waals surface area contributed by atoms with E-state index in [1.165, 1.54) is 13.0 Å². The van der Waals surface area contributed by atoms with Crippen molar-refractivity contribution in [3.8, 4) is 0 Å². The number of nitrogens with two attached hydrogens (primary N) is 1. The average molecular weight is 195 g/mol. The molecule has 74 valence electrons. The van der Waals surface area contributed by atoms with E-state index in [0.717, 1.165) is 12.1 Å². The Kier molecular flexibility index (Phi) is 2.81. The van der Waals surface area contributed by atoms with Gasteiger partial charge in [-0.1, -0.05) is 0 Å². The van der Waals surface area contributed by atoms with E-state index in [1.807, 2.05) is 0 Å². The molecule has 14 heavy (non-hydrogen) atoms. The van der Waals surface area contributed by atoms with Gasteiger partial charge < -0.3 is 10.5 Å². The Morgan fingerprint density at radius 2 is 2.00 bits per heavy atom. The van der Waals surface area contributed by atoms with Crippen LogP contribution in [0.15, 0.2) is 18.2 Å². The summed E-state index contributed by atoms with van der Waals surface area (Å²) in [6.45, 7) is 1.39. The lowest BCUT2D eigenvalue weighted by molar-refractivity contribution is 0.531. The van der Waals surface area contributed by atoms with Crippen molar-refractivity contribution >= 4 is 17.5 Å². The van der Waals surface area contributed by atoms with Gasteiger partial charge in [0, 0.05) is 18.2 Å². The van der Waals surface area contributed by atoms with Crippen LogP contribution in [0.3, 0.4) is 0 Å². The molecule has 0 radical (unpaired) electrons. The summed E-state index contributed by atoms with van der Waals surface area (Å²) in [5.41, 5.74) is 5.82. The molecule has 0 bridgehead atoms. The summed E-state index contributed by atoms with van der Waals surface area (Å²) in [6, 6.07) is 3.68. The lowest BCUT2D eigenvalue weighted by Gasteiger charge is -2.05. The molecule has 1 aromatic carbocycles.